The van der Waals surface area contributed by atoms with E-state index in [-0.39, 0.29) is 0 Å². The monoisotopic (exact) mass is 262 g/mol. The maximum atomic E-state index is 4.45. The second kappa shape index (κ2) is 5.97. The average molecular weight is 262 g/mol. The molecule has 0 radical (unpaired) electrons. The fraction of sp³-hybridized carbons (Fsp3) is 0.615. The molecule has 0 unspecified atom stereocenters. The lowest BCUT2D eigenvalue weighted by atomic mass is 10.4. The lowest BCUT2D eigenvalue weighted by Gasteiger charge is -2.06. The van der Waals surface area contributed by atoms with Gasteiger partial charge in [-0.05, 0) is 39.8 Å². The zero-order valence-corrected chi connectivity index (χ0v) is 12.1. The highest BCUT2D eigenvalue weighted by Crippen LogP contribution is 2.02. The van der Waals surface area contributed by atoms with Gasteiger partial charge < -0.3 is 9.88 Å². The van der Waals surface area contributed by atoms with Gasteiger partial charge in [0.15, 0.2) is 0 Å². The molecule has 1 N–H and O–H groups in total. The van der Waals surface area contributed by atoms with Gasteiger partial charge in [0, 0.05) is 19.3 Å². The SMILES string of the molecule is Cc1cc(C)n(CCCNCc2nnc(C)n2C)n1. The molecule has 0 amide bonds. The molecule has 0 aliphatic rings. The fourth-order valence-electron chi connectivity index (χ4n) is 2.06. The smallest absolute Gasteiger partial charge is 0.146 e. The Labute approximate surface area is 113 Å². The van der Waals surface area contributed by atoms with Crippen molar-refractivity contribution in [2.24, 2.45) is 7.05 Å². The van der Waals surface area contributed by atoms with Crippen LogP contribution in [0.4, 0.5) is 0 Å². The molecule has 19 heavy (non-hydrogen) atoms. The highest BCUT2D eigenvalue weighted by molar-refractivity contribution is 5.06. The molecule has 6 nitrogen and oxygen atoms in total. The van der Waals surface area contributed by atoms with Crippen molar-refractivity contribution in [3.8, 4) is 0 Å². The second-order valence-electron chi connectivity index (χ2n) is 4.90. The van der Waals surface area contributed by atoms with Gasteiger partial charge in [0.1, 0.15) is 11.6 Å². The summed E-state index contributed by atoms with van der Waals surface area (Å²) in [5.41, 5.74) is 2.31. The first-order chi connectivity index (χ1) is 9.08. The normalized spacial score (nSPS) is 11.2. The van der Waals surface area contributed by atoms with E-state index in [0.29, 0.717) is 0 Å². The molecule has 0 atom stereocenters. The van der Waals surface area contributed by atoms with Gasteiger partial charge in [-0.1, -0.05) is 0 Å². The van der Waals surface area contributed by atoms with Crippen LogP contribution in [0.5, 0.6) is 0 Å². The molecule has 0 saturated carbocycles. The van der Waals surface area contributed by atoms with Gasteiger partial charge in [0.05, 0.1) is 12.2 Å². The standard InChI is InChI=1S/C13H22N6/c1-10-8-11(2)19(17-10)7-5-6-14-9-13-16-15-12(3)18(13)4/h8,14H,5-7,9H2,1-4H3. The predicted octanol–water partition coefficient (Wildman–Crippen LogP) is 1.12. The Balaban J connectivity index is 1.70. The molecule has 0 saturated heterocycles. The van der Waals surface area contributed by atoms with Gasteiger partial charge in [-0.3, -0.25) is 4.68 Å². The van der Waals surface area contributed by atoms with Crippen LogP contribution >= 0.6 is 0 Å². The average Bonchev–Trinajstić information content (AvgIpc) is 2.85. The third kappa shape index (κ3) is 3.41. The minimum atomic E-state index is 0.758. The summed E-state index contributed by atoms with van der Waals surface area (Å²) >= 11 is 0. The van der Waals surface area contributed by atoms with E-state index in [9.17, 15) is 0 Å². The van der Waals surface area contributed by atoms with Crippen molar-refractivity contribution in [2.45, 2.75) is 40.3 Å². The summed E-state index contributed by atoms with van der Waals surface area (Å²) in [4.78, 5) is 0. The third-order valence-corrected chi connectivity index (χ3v) is 3.29. The van der Waals surface area contributed by atoms with Crippen molar-refractivity contribution < 1.29 is 0 Å². The van der Waals surface area contributed by atoms with Gasteiger partial charge in [-0.25, -0.2) is 0 Å². The van der Waals surface area contributed by atoms with Gasteiger partial charge in [-0.15, -0.1) is 10.2 Å². The first-order valence-electron chi connectivity index (χ1n) is 6.64. The molecule has 0 aliphatic heterocycles. The Bertz CT molecular complexity index is 535. The Morgan fingerprint density at radius 2 is 2.00 bits per heavy atom. The van der Waals surface area contributed by atoms with Gasteiger partial charge >= 0.3 is 0 Å². The summed E-state index contributed by atoms with van der Waals surface area (Å²) in [6, 6.07) is 2.11. The van der Waals surface area contributed by atoms with Crippen molar-refractivity contribution in [3.63, 3.8) is 0 Å². The number of rotatable bonds is 6. The van der Waals surface area contributed by atoms with Crippen LogP contribution < -0.4 is 5.32 Å². The number of nitrogens with one attached hydrogen (secondary N) is 1. The van der Waals surface area contributed by atoms with Crippen LogP contribution in [0.15, 0.2) is 6.07 Å². The second-order valence-corrected chi connectivity index (χ2v) is 4.90. The first-order valence-corrected chi connectivity index (χ1v) is 6.64. The maximum absolute atomic E-state index is 4.45. The third-order valence-electron chi connectivity index (χ3n) is 3.29. The first kappa shape index (κ1) is 13.7. The van der Waals surface area contributed by atoms with E-state index in [4.69, 9.17) is 0 Å². The van der Waals surface area contributed by atoms with Crippen molar-refractivity contribution in [3.05, 3.63) is 29.1 Å². The van der Waals surface area contributed by atoms with Crippen molar-refractivity contribution in [2.75, 3.05) is 6.54 Å². The van der Waals surface area contributed by atoms with Gasteiger partial charge in [-0.2, -0.15) is 5.10 Å². The molecule has 0 aromatic carbocycles. The number of hydrogen-bond donors (Lipinski definition) is 1. The number of nitrogens with zero attached hydrogens (tertiary/aromatic N) is 5. The molecule has 6 heteroatoms. The van der Waals surface area contributed by atoms with Crippen LogP contribution in [-0.2, 0) is 20.1 Å². The Hall–Kier alpha value is -1.69. The molecule has 2 heterocycles. The quantitative estimate of drug-likeness (QED) is 0.792. The summed E-state index contributed by atoms with van der Waals surface area (Å²) in [6.45, 7) is 8.73. The van der Waals surface area contributed by atoms with Crippen LogP contribution in [0, 0.1) is 20.8 Å². The van der Waals surface area contributed by atoms with Crippen LogP contribution in [0.25, 0.3) is 0 Å². The molecular formula is C13H22N6. The zero-order chi connectivity index (χ0) is 13.8. The van der Waals surface area contributed by atoms with Crippen molar-refractivity contribution in [1.82, 2.24) is 29.9 Å². The highest BCUT2D eigenvalue weighted by atomic mass is 15.3. The predicted molar refractivity (Wildman–Crippen MR) is 73.8 cm³/mol. The topological polar surface area (TPSA) is 60.6 Å². The van der Waals surface area contributed by atoms with Crippen LogP contribution in [0.2, 0.25) is 0 Å². The molecule has 0 spiro atoms. The zero-order valence-electron chi connectivity index (χ0n) is 12.1. The summed E-state index contributed by atoms with van der Waals surface area (Å²) in [5.74, 6) is 1.92. The summed E-state index contributed by atoms with van der Waals surface area (Å²) in [6.07, 6.45) is 1.05. The minimum absolute atomic E-state index is 0.758. The number of hydrogen-bond acceptors (Lipinski definition) is 4. The van der Waals surface area contributed by atoms with E-state index in [0.717, 1.165) is 43.4 Å². The van der Waals surface area contributed by atoms with Gasteiger partial charge in [0.25, 0.3) is 0 Å². The summed E-state index contributed by atoms with van der Waals surface area (Å²) in [5, 5.41) is 16.0. The maximum Gasteiger partial charge on any atom is 0.146 e. The highest BCUT2D eigenvalue weighted by Gasteiger charge is 2.04. The van der Waals surface area contributed by atoms with E-state index in [1.165, 1.54) is 5.69 Å². The van der Waals surface area contributed by atoms with Crippen LogP contribution in [0.1, 0.15) is 29.5 Å². The Morgan fingerprint density at radius 3 is 2.58 bits per heavy atom. The molecule has 0 aliphatic carbocycles. The van der Waals surface area contributed by atoms with Crippen molar-refractivity contribution in [1.29, 1.82) is 0 Å². The van der Waals surface area contributed by atoms with Crippen LogP contribution in [0.3, 0.4) is 0 Å². The number of aromatic nitrogens is 5. The fourth-order valence-corrected chi connectivity index (χ4v) is 2.06. The molecule has 2 aromatic heterocycles. The van der Waals surface area contributed by atoms with Crippen molar-refractivity contribution >= 4 is 0 Å². The molecule has 104 valence electrons. The van der Waals surface area contributed by atoms with E-state index in [1.54, 1.807) is 0 Å². The lowest BCUT2D eigenvalue weighted by molar-refractivity contribution is 0.524. The van der Waals surface area contributed by atoms with Gasteiger partial charge in [0.2, 0.25) is 0 Å². The molecule has 0 bridgehead atoms. The Kier molecular flexibility index (Phi) is 4.31. The molecular weight excluding hydrogens is 240 g/mol. The minimum Gasteiger partial charge on any atom is -0.317 e. The lowest BCUT2D eigenvalue weighted by Crippen LogP contribution is -2.19. The van der Waals surface area contributed by atoms with E-state index in [2.05, 4.69) is 38.3 Å². The van der Waals surface area contributed by atoms with E-state index < -0.39 is 0 Å². The Morgan fingerprint density at radius 1 is 1.21 bits per heavy atom. The largest absolute Gasteiger partial charge is 0.317 e. The summed E-state index contributed by atoms with van der Waals surface area (Å²) < 4.78 is 4.07. The van der Waals surface area contributed by atoms with E-state index in [1.807, 2.05) is 25.5 Å². The molecule has 2 rings (SSSR count). The van der Waals surface area contributed by atoms with E-state index >= 15 is 0 Å². The molecule has 2 aromatic rings. The summed E-state index contributed by atoms with van der Waals surface area (Å²) in [7, 11) is 1.99. The number of aryl methyl sites for hydroxylation is 4. The van der Waals surface area contributed by atoms with Crippen LogP contribution in [-0.4, -0.2) is 31.1 Å². The molecule has 0 fully saturated rings.